The number of morpholine rings is 1. The fraction of sp³-hybridized carbons (Fsp3) is 0.391. The number of carbonyl (C=O) groups excluding carboxylic acids is 2. The van der Waals surface area contributed by atoms with E-state index in [-0.39, 0.29) is 18.2 Å². The second-order valence-electron chi connectivity index (χ2n) is 7.10. The Morgan fingerprint density at radius 1 is 1.00 bits per heavy atom. The lowest BCUT2D eigenvalue weighted by atomic mass is 10.2. The molecule has 0 bridgehead atoms. The smallest absolute Gasteiger partial charge is 0.251 e. The maximum absolute atomic E-state index is 12.1. The van der Waals surface area contributed by atoms with Gasteiger partial charge in [-0.25, -0.2) is 0 Å². The summed E-state index contributed by atoms with van der Waals surface area (Å²) in [5.74, 6) is 0.512. The van der Waals surface area contributed by atoms with Crippen LogP contribution in [0.4, 0.5) is 0 Å². The van der Waals surface area contributed by atoms with Crippen molar-refractivity contribution in [3.63, 3.8) is 0 Å². The van der Waals surface area contributed by atoms with Crippen molar-refractivity contribution in [1.82, 2.24) is 15.5 Å². The van der Waals surface area contributed by atoms with Gasteiger partial charge in [-0.1, -0.05) is 30.3 Å². The van der Waals surface area contributed by atoms with Crippen LogP contribution in [0.1, 0.15) is 22.3 Å². The molecule has 2 amide bonds. The molecule has 1 saturated heterocycles. The van der Waals surface area contributed by atoms with E-state index in [9.17, 15) is 9.59 Å². The largest absolute Gasteiger partial charge is 0.492 e. The molecule has 30 heavy (non-hydrogen) atoms. The first-order chi connectivity index (χ1) is 14.7. The first kappa shape index (κ1) is 21.8. The van der Waals surface area contributed by atoms with Gasteiger partial charge in [0.15, 0.2) is 0 Å². The second kappa shape index (κ2) is 11.9. The predicted molar refractivity (Wildman–Crippen MR) is 114 cm³/mol. The first-order valence-corrected chi connectivity index (χ1v) is 10.3. The van der Waals surface area contributed by atoms with E-state index >= 15 is 0 Å². The molecule has 1 aliphatic heterocycles. The van der Waals surface area contributed by atoms with Crippen LogP contribution in [0, 0.1) is 0 Å². The Balaban J connectivity index is 1.33. The summed E-state index contributed by atoms with van der Waals surface area (Å²) in [6.45, 7) is 5.67. The summed E-state index contributed by atoms with van der Waals surface area (Å²) in [6, 6.07) is 16.7. The number of hydrogen-bond donors (Lipinski definition) is 2. The van der Waals surface area contributed by atoms with E-state index in [0.29, 0.717) is 25.3 Å². The van der Waals surface area contributed by atoms with Gasteiger partial charge in [0.05, 0.1) is 13.2 Å². The van der Waals surface area contributed by atoms with Crippen LogP contribution in [0.5, 0.6) is 5.75 Å². The maximum atomic E-state index is 12.1. The van der Waals surface area contributed by atoms with Crippen LogP contribution in [-0.4, -0.2) is 62.7 Å². The third-order valence-electron chi connectivity index (χ3n) is 4.84. The molecule has 2 N–H and O–H groups in total. The predicted octanol–water partition coefficient (Wildman–Crippen LogP) is 1.83. The van der Waals surface area contributed by atoms with Gasteiger partial charge in [-0.05, 0) is 29.8 Å². The van der Waals surface area contributed by atoms with Gasteiger partial charge < -0.3 is 20.1 Å². The molecule has 1 fully saturated rings. The molecule has 2 aromatic carbocycles. The molecule has 160 valence electrons. The molecule has 0 atom stereocenters. The summed E-state index contributed by atoms with van der Waals surface area (Å²) in [6.07, 6.45) is 0.230. The van der Waals surface area contributed by atoms with Gasteiger partial charge in [-0.2, -0.15) is 0 Å². The highest BCUT2D eigenvalue weighted by molar-refractivity contribution is 5.94. The van der Waals surface area contributed by atoms with Crippen molar-refractivity contribution in [1.29, 1.82) is 0 Å². The number of nitrogens with zero attached hydrogens (tertiary/aromatic N) is 1. The topological polar surface area (TPSA) is 79.9 Å². The number of rotatable bonds is 10. The van der Waals surface area contributed by atoms with E-state index < -0.39 is 0 Å². The monoisotopic (exact) mass is 411 g/mol. The van der Waals surface area contributed by atoms with Gasteiger partial charge in [0.25, 0.3) is 5.91 Å². The molecule has 0 aromatic heterocycles. The third-order valence-corrected chi connectivity index (χ3v) is 4.84. The Morgan fingerprint density at radius 3 is 2.60 bits per heavy atom. The van der Waals surface area contributed by atoms with Gasteiger partial charge in [-0.15, -0.1) is 0 Å². The van der Waals surface area contributed by atoms with Crippen LogP contribution in [0.15, 0.2) is 54.6 Å². The second-order valence-corrected chi connectivity index (χ2v) is 7.10. The quantitative estimate of drug-likeness (QED) is 0.624. The average molecular weight is 412 g/mol. The Morgan fingerprint density at radius 2 is 1.80 bits per heavy atom. The molecule has 0 radical (unpaired) electrons. The number of ether oxygens (including phenoxy) is 2. The zero-order chi connectivity index (χ0) is 21.0. The Hall–Kier alpha value is -2.90. The SMILES string of the molecule is O=C(CCNC(=O)c1ccccc1)NCc1cccc(OCCN2CCOCC2)c1. The zero-order valence-corrected chi connectivity index (χ0v) is 17.1. The molecule has 0 saturated carbocycles. The number of nitrogens with one attached hydrogen (secondary N) is 2. The Bertz CT molecular complexity index is 807. The van der Waals surface area contributed by atoms with E-state index in [1.54, 1.807) is 12.1 Å². The Labute approximate surface area is 177 Å². The fourth-order valence-electron chi connectivity index (χ4n) is 3.13. The molecule has 7 nitrogen and oxygen atoms in total. The highest BCUT2D eigenvalue weighted by Gasteiger charge is 2.10. The lowest BCUT2D eigenvalue weighted by Crippen LogP contribution is -2.38. The van der Waals surface area contributed by atoms with Crippen LogP contribution in [0.25, 0.3) is 0 Å². The van der Waals surface area contributed by atoms with E-state index in [1.165, 1.54) is 0 Å². The third kappa shape index (κ3) is 7.50. The minimum absolute atomic E-state index is 0.109. The number of hydrogen-bond acceptors (Lipinski definition) is 5. The summed E-state index contributed by atoms with van der Waals surface area (Å²) in [4.78, 5) is 26.3. The molecule has 0 spiro atoms. The van der Waals surface area contributed by atoms with Crippen LogP contribution in [-0.2, 0) is 16.1 Å². The molecule has 0 aliphatic carbocycles. The standard InChI is InChI=1S/C23H29N3O4/c27-22(9-10-24-23(28)20-6-2-1-3-7-20)25-18-19-5-4-8-21(17-19)30-16-13-26-11-14-29-15-12-26/h1-8,17H,9-16,18H2,(H,24,28)(H,25,27). The number of benzene rings is 2. The van der Waals surface area contributed by atoms with Gasteiger partial charge in [-0.3, -0.25) is 14.5 Å². The molecule has 3 rings (SSSR count). The molecular weight excluding hydrogens is 382 g/mol. The average Bonchev–Trinajstić information content (AvgIpc) is 2.79. The van der Waals surface area contributed by atoms with Crippen molar-refractivity contribution in [3.8, 4) is 5.75 Å². The van der Waals surface area contributed by atoms with Gasteiger partial charge in [0.2, 0.25) is 5.91 Å². The van der Waals surface area contributed by atoms with Crippen molar-refractivity contribution in [2.24, 2.45) is 0 Å². The molecule has 0 unspecified atom stereocenters. The highest BCUT2D eigenvalue weighted by atomic mass is 16.5. The summed E-state index contributed by atoms with van der Waals surface area (Å²) in [5.41, 5.74) is 1.56. The molecule has 1 aliphatic rings. The van der Waals surface area contributed by atoms with Gasteiger partial charge in [0.1, 0.15) is 12.4 Å². The van der Waals surface area contributed by atoms with Crippen LogP contribution >= 0.6 is 0 Å². The van der Waals surface area contributed by atoms with Crippen molar-refractivity contribution >= 4 is 11.8 Å². The highest BCUT2D eigenvalue weighted by Crippen LogP contribution is 2.13. The summed E-state index contributed by atoms with van der Waals surface area (Å²) in [5, 5.41) is 5.64. The number of carbonyl (C=O) groups is 2. The normalized spacial score (nSPS) is 14.1. The molecule has 2 aromatic rings. The van der Waals surface area contributed by atoms with Crippen LogP contribution in [0.3, 0.4) is 0 Å². The zero-order valence-electron chi connectivity index (χ0n) is 17.1. The lowest BCUT2D eigenvalue weighted by molar-refractivity contribution is -0.121. The summed E-state index contributed by atoms with van der Waals surface area (Å²) < 4.78 is 11.2. The van der Waals surface area contributed by atoms with Gasteiger partial charge >= 0.3 is 0 Å². The van der Waals surface area contributed by atoms with Crippen molar-refractivity contribution in [3.05, 3.63) is 65.7 Å². The summed E-state index contributed by atoms with van der Waals surface area (Å²) >= 11 is 0. The molecular formula is C23H29N3O4. The summed E-state index contributed by atoms with van der Waals surface area (Å²) in [7, 11) is 0. The van der Waals surface area contributed by atoms with E-state index in [2.05, 4.69) is 15.5 Å². The molecule has 7 heteroatoms. The van der Waals surface area contributed by atoms with E-state index in [4.69, 9.17) is 9.47 Å². The van der Waals surface area contributed by atoms with Crippen molar-refractivity contribution in [2.75, 3.05) is 46.0 Å². The minimum atomic E-state index is -0.176. The van der Waals surface area contributed by atoms with E-state index in [1.807, 2.05) is 42.5 Å². The minimum Gasteiger partial charge on any atom is -0.492 e. The van der Waals surface area contributed by atoms with Gasteiger partial charge in [0, 0.05) is 44.7 Å². The van der Waals surface area contributed by atoms with Crippen LogP contribution in [0.2, 0.25) is 0 Å². The lowest BCUT2D eigenvalue weighted by Gasteiger charge is -2.26. The first-order valence-electron chi connectivity index (χ1n) is 10.3. The van der Waals surface area contributed by atoms with Crippen LogP contribution < -0.4 is 15.4 Å². The van der Waals surface area contributed by atoms with Crippen molar-refractivity contribution in [2.45, 2.75) is 13.0 Å². The Kier molecular flexibility index (Phi) is 8.68. The van der Waals surface area contributed by atoms with E-state index in [0.717, 1.165) is 44.2 Å². The fourth-order valence-corrected chi connectivity index (χ4v) is 3.13. The number of amides is 2. The van der Waals surface area contributed by atoms with Crippen molar-refractivity contribution < 1.29 is 19.1 Å². The maximum Gasteiger partial charge on any atom is 0.251 e. The molecule has 1 heterocycles.